The first-order chi connectivity index (χ1) is 16.5. The summed E-state index contributed by atoms with van der Waals surface area (Å²) < 4.78 is 38.6. The molecule has 0 bridgehead atoms. The van der Waals surface area contributed by atoms with Crippen molar-refractivity contribution in [3.8, 4) is 6.07 Å². The van der Waals surface area contributed by atoms with Gasteiger partial charge in [-0.3, -0.25) is 0 Å². The van der Waals surface area contributed by atoms with Crippen molar-refractivity contribution in [1.29, 1.82) is 5.26 Å². The first-order valence-electron chi connectivity index (χ1n) is 11.0. The lowest BCUT2D eigenvalue weighted by molar-refractivity contribution is 0.0599. The average Bonchev–Trinajstić information content (AvgIpc) is 3.14. The summed E-state index contributed by atoms with van der Waals surface area (Å²) in [6, 6.07) is 6.97. The Bertz CT molecular complexity index is 1190. The second kappa shape index (κ2) is 10.3. The third-order valence-corrected chi connectivity index (χ3v) is 7.75. The monoisotopic (exact) mass is 486 g/mol. The predicted octanol–water partition coefficient (Wildman–Crippen LogP) is 0.872. The highest BCUT2D eigenvalue weighted by Crippen LogP contribution is 2.29. The van der Waals surface area contributed by atoms with Crippen LogP contribution in [0.25, 0.3) is 0 Å². The Balaban J connectivity index is 1.67. The molecular formula is C22H26N6O5S. The van der Waals surface area contributed by atoms with Gasteiger partial charge >= 0.3 is 5.97 Å². The van der Waals surface area contributed by atoms with Gasteiger partial charge in [-0.05, 0) is 24.6 Å². The number of morpholine rings is 1. The number of anilines is 2. The molecule has 0 atom stereocenters. The van der Waals surface area contributed by atoms with Gasteiger partial charge in [0.2, 0.25) is 10.0 Å². The molecule has 2 saturated heterocycles. The summed E-state index contributed by atoms with van der Waals surface area (Å²) in [6.07, 6.45) is 3.70. The number of ether oxygens (including phenoxy) is 2. The summed E-state index contributed by atoms with van der Waals surface area (Å²) in [5, 5.41) is 9.44. The lowest BCUT2D eigenvalue weighted by atomic mass is 10.2. The van der Waals surface area contributed by atoms with Crippen molar-refractivity contribution >= 4 is 27.6 Å². The smallest absolute Gasteiger partial charge is 0.339 e. The van der Waals surface area contributed by atoms with Crippen LogP contribution in [0.2, 0.25) is 0 Å². The van der Waals surface area contributed by atoms with Crippen molar-refractivity contribution in [1.82, 2.24) is 14.3 Å². The van der Waals surface area contributed by atoms with Crippen LogP contribution >= 0.6 is 0 Å². The van der Waals surface area contributed by atoms with Crippen LogP contribution in [0.15, 0.2) is 35.5 Å². The molecule has 0 unspecified atom stereocenters. The third kappa shape index (κ3) is 4.82. The number of hydrogen-bond donors (Lipinski definition) is 0. The summed E-state index contributed by atoms with van der Waals surface area (Å²) in [4.78, 5) is 24.8. The molecule has 2 aromatic heterocycles. The molecule has 0 aromatic carbocycles. The Morgan fingerprint density at radius 2 is 1.79 bits per heavy atom. The predicted molar refractivity (Wildman–Crippen MR) is 123 cm³/mol. The molecule has 4 rings (SSSR count). The number of methoxy groups -OCH3 is 1. The van der Waals surface area contributed by atoms with E-state index in [0.29, 0.717) is 63.0 Å². The van der Waals surface area contributed by atoms with E-state index in [9.17, 15) is 18.5 Å². The van der Waals surface area contributed by atoms with E-state index in [1.807, 2.05) is 9.80 Å². The fourth-order valence-corrected chi connectivity index (χ4v) is 5.69. The second-order valence-corrected chi connectivity index (χ2v) is 9.77. The van der Waals surface area contributed by atoms with E-state index in [-0.39, 0.29) is 23.5 Å². The van der Waals surface area contributed by atoms with Crippen molar-refractivity contribution < 1.29 is 22.7 Å². The van der Waals surface area contributed by atoms with Crippen LogP contribution in [0.4, 0.5) is 11.6 Å². The zero-order valence-electron chi connectivity index (χ0n) is 18.9. The Kier molecular flexibility index (Phi) is 7.26. The third-order valence-electron chi connectivity index (χ3n) is 5.84. The number of sulfonamides is 1. The fourth-order valence-electron chi connectivity index (χ4n) is 4.10. The summed E-state index contributed by atoms with van der Waals surface area (Å²) in [5.74, 6) is 0.253. The SMILES string of the molecule is COC(=O)c1cnc(N2CCCN(c3ncccc3C#N)CC2)c(S(=O)(=O)N2CCOCC2)c1. The van der Waals surface area contributed by atoms with Crippen LogP contribution < -0.4 is 9.80 Å². The molecule has 0 saturated carbocycles. The molecular weight excluding hydrogens is 460 g/mol. The molecule has 11 nitrogen and oxygen atoms in total. The molecule has 180 valence electrons. The number of nitrogens with zero attached hydrogens (tertiary/aromatic N) is 6. The Morgan fingerprint density at radius 3 is 2.47 bits per heavy atom. The molecule has 0 amide bonds. The van der Waals surface area contributed by atoms with E-state index in [1.54, 1.807) is 18.3 Å². The zero-order chi connectivity index (χ0) is 24.1. The van der Waals surface area contributed by atoms with Gasteiger partial charge in [-0.15, -0.1) is 0 Å². The fraction of sp³-hybridized carbons (Fsp3) is 0.455. The molecule has 0 spiro atoms. The molecule has 34 heavy (non-hydrogen) atoms. The topological polar surface area (TPSA) is 129 Å². The van der Waals surface area contributed by atoms with Crippen LogP contribution in [-0.4, -0.2) is 88.3 Å². The highest BCUT2D eigenvalue weighted by Gasteiger charge is 2.33. The highest BCUT2D eigenvalue weighted by atomic mass is 32.2. The van der Waals surface area contributed by atoms with Crippen molar-refractivity contribution in [2.24, 2.45) is 0 Å². The van der Waals surface area contributed by atoms with Crippen LogP contribution in [0.3, 0.4) is 0 Å². The molecule has 0 aliphatic carbocycles. The Labute approximate surface area is 198 Å². The maximum Gasteiger partial charge on any atom is 0.339 e. The van der Waals surface area contributed by atoms with E-state index in [4.69, 9.17) is 9.47 Å². The molecule has 0 N–H and O–H groups in total. The average molecular weight is 487 g/mol. The first-order valence-corrected chi connectivity index (χ1v) is 12.4. The lowest BCUT2D eigenvalue weighted by Crippen LogP contribution is -2.41. The van der Waals surface area contributed by atoms with Crippen LogP contribution in [-0.2, 0) is 19.5 Å². The summed E-state index contributed by atoms with van der Waals surface area (Å²) in [6.45, 7) is 3.30. The minimum absolute atomic E-state index is 0.0266. The van der Waals surface area contributed by atoms with E-state index in [2.05, 4.69) is 16.0 Å². The first kappa shape index (κ1) is 23.9. The molecule has 2 aliphatic rings. The minimum atomic E-state index is -3.92. The number of esters is 1. The van der Waals surface area contributed by atoms with Gasteiger partial charge in [0, 0.05) is 51.7 Å². The highest BCUT2D eigenvalue weighted by molar-refractivity contribution is 7.89. The van der Waals surface area contributed by atoms with Gasteiger partial charge < -0.3 is 19.3 Å². The zero-order valence-corrected chi connectivity index (χ0v) is 19.7. The van der Waals surface area contributed by atoms with Crippen LogP contribution in [0, 0.1) is 11.3 Å². The number of rotatable bonds is 5. The maximum atomic E-state index is 13.6. The number of aromatic nitrogens is 2. The lowest BCUT2D eigenvalue weighted by Gasteiger charge is -2.29. The summed E-state index contributed by atoms with van der Waals surface area (Å²) >= 11 is 0. The quantitative estimate of drug-likeness (QED) is 0.561. The van der Waals surface area contributed by atoms with Gasteiger partial charge in [0.15, 0.2) is 0 Å². The normalized spacial score (nSPS) is 17.6. The molecule has 2 aliphatic heterocycles. The minimum Gasteiger partial charge on any atom is -0.465 e. The maximum absolute atomic E-state index is 13.6. The van der Waals surface area contributed by atoms with Crippen molar-refractivity contribution in [3.63, 3.8) is 0 Å². The standard InChI is InChI=1S/C22H26N6O5S/c1-32-22(29)18-14-19(34(30,31)28-10-12-33-13-11-28)21(25-16-18)27-7-3-6-26(8-9-27)20-17(15-23)4-2-5-24-20/h2,4-5,14,16H,3,6-13H2,1H3. The number of carbonyl (C=O) groups excluding carboxylic acids is 1. The van der Waals surface area contributed by atoms with Gasteiger partial charge in [-0.2, -0.15) is 9.57 Å². The molecule has 2 aromatic rings. The van der Waals surface area contributed by atoms with E-state index >= 15 is 0 Å². The van der Waals surface area contributed by atoms with Crippen molar-refractivity contribution in [2.45, 2.75) is 11.3 Å². The van der Waals surface area contributed by atoms with E-state index in [0.717, 1.165) is 0 Å². The molecule has 0 radical (unpaired) electrons. The molecule has 12 heteroatoms. The number of pyridine rings is 2. The van der Waals surface area contributed by atoms with Gasteiger partial charge in [0.05, 0.1) is 31.5 Å². The number of nitriles is 1. The largest absolute Gasteiger partial charge is 0.465 e. The van der Waals surface area contributed by atoms with E-state index in [1.165, 1.54) is 23.7 Å². The number of carbonyl (C=O) groups is 1. The van der Waals surface area contributed by atoms with Crippen LogP contribution in [0.5, 0.6) is 0 Å². The second-order valence-electron chi connectivity index (χ2n) is 7.87. The van der Waals surface area contributed by atoms with Gasteiger partial charge in [-0.25, -0.2) is 23.2 Å². The number of hydrogen-bond acceptors (Lipinski definition) is 10. The summed E-state index contributed by atoms with van der Waals surface area (Å²) in [5.41, 5.74) is 0.564. The summed E-state index contributed by atoms with van der Waals surface area (Å²) in [7, 11) is -2.68. The van der Waals surface area contributed by atoms with Gasteiger partial charge in [-0.1, -0.05) is 0 Å². The van der Waals surface area contributed by atoms with Crippen molar-refractivity contribution in [3.05, 3.63) is 41.7 Å². The van der Waals surface area contributed by atoms with E-state index < -0.39 is 16.0 Å². The van der Waals surface area contributed by atoms with Crippen molar-refractivity contribution in [2.75, 3.05) is 69.4 Å². The van der Waals surface area contributed by atoms with Gasteiger partial charge in [0.1, 0.15) is 22.6 Å². The molecule has 4 heterocycles. The molecule has 2 fully saturated rings. The Morgan fingerprint density at radius 1 is 1.09 bits per heavy atom. The van der Waals surface area contributed by atoms with Crippen LogP contribution in [0.1, 0.15) is 22.3 Å². The van der Waals surface area contributed by atoms with Gasteiger partial charge in [0.25, 0.3) is 0 Å². The Hall–Kier alpha value is -3.27.